The van der Waals surface area contributed by atoms with Crippen molar-refractivity contribution in [1.82, 2.24) is 4.98 Å². The van der Waals surface area contributed by atoms with Crippen LogP contribution in [0.3, 0.4) is 0 Å². The molecule has 0 aliphatic heterocycles. The van der Waals surface area contributed by atoms with Gasteiger partial charge in [-0.05, 0) is 12.5 Å². The van der Waals surface area contributed by atoms with Crippen LogP contribution in [0.5, 0.6) is 5.88 Å². The Labute approximate surface area is 106 Å². The second kappa shape index (κ2) is 8.79. The van der Waals surface area contributed by atoms with Crippen LogP contribution in [0.4, 0.5) is 4.39 Å². The van der Waals surface area contributed by atoms with Gasteiger partial charge in [0.05, 0.1) is 12.8 Å². The summed E-state index contributed by atoms with van der Waals surface area (Å²) >= 11 is 0. The molecule has 0 radical (unpaired) electrons. The van der Waals surface area contributed by atoms with Gasteiger partial charge in [-0.2, -0.15) is 0 Å². The SMILES string of the molecule is COCCCOCCOc1ncc(F)cc1CN. The summed E-state index contributed by atoms with van der Waals surface area (Å²) in [5.74, 6) is -0.0574. The normalized spacial score (nSPS) is 10.6. The highest BCUT2D eigenvalue weighted by molar-refractivity contribution is 5.25. The molecule has 0 aliphatic carbocycles. The maximum Gasteiger partial charge on any atom is 0.218 e. The molecule has 0 fully saturated rings. The third kappa shape index (κ3) is 5.39. The number of nitrogens with zero attached hydrogens (tertiary/aromatic N) is 1. The number of hydrogen-bond acceptors (Lipinski definition) is 5. The summed E-state index contributed by atoms with van der Waals surface area (Å²) in [5, 5.41) is 0. The first kappa shape index (κ1) is 14.8. The maximum atomic E-state index is 12.9. The number of halogens is 1. The Bertz CT molecular complexity index is 350. The van der Waals surface area contributed by atoms with Crippen LogP contribution in [0.15, 0.2) is 12.3 Å². The first-order chi connectivity index (χ1) is 8.77. The average Bonchev–Trinajstić information content (AvgIpc) is 2.39. The van der Waals surface area contributed by atoms with Crippen molar-refractivity contribution in [3.63, 3.8) is 0 Å². The lowest BCUT2D eigenvalue weighted by Crippen LogP contribution is -2.11. The molecular weight excluding hydrogens is 239 g/mol. The third-order valence-corrected chi connectivity index (χ3v) is 2.22. The molecule has 102 valence electrons. The van der Waals surface area contributed by atoms with E-state index < -0.39 is 5.82 Å². The van der Waals surface area contributed by atoms with Crippen molar-refractivity contribution in [2.75, 3.05) is 33.5 Å². The van der Waals surface area contributed by atoms with Crippen LogP contribution >= 0.6 is 0 Å². The molecule has 0 amide bonds. The van der Waals surface area contributed by atoms with Crippen LogP contribution in [0, 0.1) is 5.82 Å². The summed E-state index contributed by atoms with van der Waals surface area (Å²) in [7, 11) is 1.65. The average molecular weight is 258 g/mol. The zero-order valence-electron chi connectivity index (χ0n) is 10.5. The summed E-state index contributed by atoms with van der Waals surface area (Å²) < 4.78 is 28.5. The first-order valence-corrected chi connectivity index (χ1v) is 5.82. The van der Waals surface area contributed by atoms with Crippen LogP contribution in [-0.4, -0.2) is 38.5 Å². The summed E-state index contributed by atoms with van der Waals surface area (Å²) in [4.78, 5) is 3.84. The standard InChI is InChI=1S/C12H19FN2O3/c1-16-3-2-4-17-5-6-18-12-10(8-14)7-11(13)9-15-12/h7,9H,2-6,8,14H2,1H3. The van der Waals surface area contributed by atoms with Gasteiger partial charge in [0.2, 0.25) is 5.88 Å². The summed E-state index contributed by atoms with van der Waals surface area (Å²) in [6.45, 7) is 2.30. The van der Waals surface area contributed by atoms with E-state index in [1.54, 1.807) is 7.11 Å². The smallest absolute Gasteiger partial charge is 0.218 e. The Morgan fingerprint density at radius 2 is 2.11 bits per heavy atom. The highest BCUT2D eigenvalue weighted by atomic mass is 19.1. The van der Waals surface area contributed by atoms with E-state index in [0.717, 1.165) is 12.6 Å². The van der Waals surface area contributed by atoms with Crippen molar-refractivity contribution < 1.29 is 18.6 Å². The van der Waals surface area contributed by atoms with Gasteiger partial charge >= 0.3 is 0 Å². The van der Waals surface area contributed by atoms with Crippen molar-refractivity contribution in [3.05, 3.63) is 23.6 Å². The van der Waals surface area contributed by atoms with Gasteiger partial charge in [0, 0.05) is 32.4 Å². The number of hydrogen-bond donors (Lipinski definition) is 1. The molecule has 18 heavy (non-hydrogen) atoms. The summed E-state index contributed by atoms with van der Waals surface area (Å²) in [6.07, 6.45) is 1.95. The zero-order valence-corrected chi connectivity index (χ0v) is 10.5. The van der Waals surface area contributed by atoms with Crippen molar-refractivity contribution in [2.45, 2.75) is 13.0 Å². The van der Waals surface area contributed by atoms with E-state index in [-0.39, 0.29) is 6.54 Å². The van der Waals surface area contributed by atoms with E-state index in [1.807, 2.05) is 0 Å². The molecule has 0 aliphatic rings. The number of ether oxygens (including phenoxy) is 3. The minimum absolute atomic E-state index is 0.189. The molecule has 1 heterocycles. The molecule has 0 bridgehead atoms. The van der Waals surface area contributed by atoms with E-state index in [4.69, 9.17) is 19.9 Å². The molecule has 0 spiro atoms. The Morgan fingerprint density at radius 3 is 2.83 bits per heavy atom. The van der Waals surface area contributed by atoms with E-state index in [0.29, 0.717) is 37.9 Å². The topological polar surface area (TPSA) is 66.6 Å². The van der Waals surface area contributed by atoms with Crippen molar-refractivity contribution in [3.8, 4) is 5.88 Å². The number of aromatic nitrogens is 1. The molecule has 1 aromatic rings. The van der Waals surface area contributed by atoms with Crippen molar-refractivity contribution >= 4 is 0 Å². The minimum atomic E-state index is -0.418. The van der Waals surface area contributed by atoms with Gasteiger partial charge in [0.15, 0.2) is 0 Å². The van der Waals surface area contributed by atoms with Crippen LogP contribution in [0.1, 0.15) is 12.0 Å². The lowest BCUT2D eigenvalue weighted by molar-refractivity contribution is 0.0793. The van der Waals surface area contributed by atoms with Crippen LogP contribution in [0.2, 0.25) is 0 Å². The predicted molar refractivity (Wildman–Crippen MR) is 64.9 cm³/mol. The van der Waals surface area contributed by atoms with Gasteiger partial charge in [-0.15, -0.1) is 0 Å². The van der Waals surface area contributed by atoms with Crippen molar-refractivity contribution in [2.24, 2.45) is 5.73 Å². The Morgan fingerprint density at radius 1 is 1.28 bits per heavy atom. The maximum absolute atomic E-state index is 12.9. The fourth-order valence-electron chi connectivity index (χ4n) is 1.35. The summed E-state index contributed by atoms with van der Waals surface area (Å²) in [5.41, 5.74) is 6.02. The third-order valence-electron chi connectivity index (χ3n) is 2.22. The highest BCUT2D eigenvalue weighted by Gasteiger charge is 2.05. The van der Waals surface area contributed by atoms with Gasteiger partial charge in [-0.25, -0.2) is 9.37 Å². The Kier molecular flexibility index (Phi) is 7.24. The van der Waals surface area contributed by atoms with E-state index in [2.05, 4.69) is 4.98 Å². The van der Waals surface area contributed by atoms with E-state index in [1.165, 1.54) is 6.07 Å². The van der Waals surface area contributed by atoms with Gasteiger partial charge in [0.25, 0.3) is 0 Å². The van der Waals surface area contributed by atoms with Gasteiger partial charge in [0.1, 0.15) is 12.4 Å². The molecule has 2 N–H and O–H groups in total. The lowest BCUT2D eigenvalue weighted by Gasteiger charge is -2.09. The summed E-state index contributed by atoms with van der Waals surface area (Å²) in [6, 6.07) is 1.32. The molecule has 6 heteroatoms. The number of nitrogens with two attached hydrogens (primary N) is 1. The monoisotopic (exact) mass is 258 g/mol. The fraction of sp³-hybridized carbons (Fsp3) is 0.583. The second-order valence-electron chi connectivity index (χ2n) is 3.63. The zero-order chi connectivity index (χ0) is 13.2. The number of pyridine rings is 1. The highest BCUT2D eigenvalue weighted by Crippen LogP contribution is 2.15. The largest absolute Gasteiger partial charge is 0.475 e. The fourth-order valence-corrected chi connectivity index (χ4v) is 1.35. The van der Waals surface area contributed by atoms with Crippen LogP contribution in [-0.2, 0) is 16.0 Å². The molecule has 0 aromatic carbocycles. The molecule has 0 atom stereocenters. The van der Waals surface area contributed by atoms with E-state index >= 15 is 0 Å². The number of rotatable bonds is 9. The van der Waals surface area contributed by atoms with Gasteiger partial charge in [-0.1, -0.05) is 0 Å². The molecule has 0 saturated carbocycles. The molecule has 1 aromatic heterocycles. The van der Waals surface area contributed by atoms with E-state index in [9.17, 15) is 4.39 Å². The second-order valence-corrected chi connectivity index (χ2v) is 3.63. The lowest BCUT2D eigenvalue weighted by atomic mass is 10.3. The Balaban J connectivity index is 2.22. The number of methoxy groups -OCH3 is 1. The molecular formula is C12H19FN2O3. The molecule has 5 nitrogen and oxygen atoms in total. The molecule has 0 saturated heterocycles. The molecule has 1 rings (SSSR count). The van der Waals surface area contributed by atoms with Gasteiger partial charge in [-0.3, -0.25) is 0 Å². The Hall–Kier alpha value is -1.24. The van der Waals surface area contributed by atoms with Crippen LogP contribution < -0.4 is 10.5 Å². The predicted octanol–water partition coefficient (Wildman–Crippen LogP) is 1.11. The van der Waals surface area contributed by atoms with Crippen molar-refractivity contribution in [1.29, 1.82) is 0 Å². The van der Waals surface area contributed by atoms with Crippen LogP contribution in [0.25, 0.3) is 0 Å². The minimum Gasteiger partial charge on any atom is -0.475 e. The molecule has 0 unspecified atom stereocenters. The van der Waals surface area contributed by atoms with Gasteiger partial charge < -0.3 is 19.9 Å². The quantitative estimate of drug-likeness (QED) is 0.672. The first-order valence-electron chi connectivity index (χ1n) is 5.82.